The maximum atomic E-state index is 14.4. The number of hydrogen-bond donors (Lipinski definition) is 0. The number of halogens is 1. The second kappa shape index (κ2) is 7.88. The van der Waals surface area contributed by atoms with Gasteiger partial charge in [-0.3, -0.25) is 9.69 Å². The van der Waals surface area contributed by atoms with E-state index in [4.69, 9.17) is 4.74 Å². The van der Waals surface area contributed by atoms with Crippen molar-refractivity contribution in [3.8, 4) is 0 Å². The Morgan fingerprint density at radius 2 is 1.66 bits per heavy atom. The van der Waals surface area contributed by atoms with Crippen LogP contribution in [0, 0.1) is 17.7 Å². The zero-order chi connectivity index (χ0) is 19.8. The number of ether oxygens (including phenoxy) is 1. The number of carbonyl (C=O) groups is 1. The molecule has 3 heterocycles. The third-order valence-electron chi connectivity index (χ3n) is 6.91. The smallest absolute Gasteiger partial charge is 0.257 e. The Bertz CT molecular complexity index is 868. The standard InChI is InChI=1S/C24H27FN2O2/c25-22-9-5-4-8-20(22)24(28)27-15-18-14-26(19-10-12-29-13-11-19)16-21(18)23(27)17-6-2-1-3-7-17/h1-9,18-19,21,23H,10-16H2/t18-,21-,23+/m0/s1. The van der Waals surface area contributed by atoms with Gasteiger partial charge in [0.15, 0.2) is 0 Å². The maximum Gasteiger partial charge on any atom is 0.257 e. The van der Waals surface area contributed by atoms with Crippen LogP contribution in [0.15, 0.2) is 54.6 Å². The fraction of sp³-hybridized carbons (Fsp3) is 0.458. The van der Waals surface area contributed by atoms with Crippen molar-refractivity contribution in [2.75, 3.05) is 32.8 Å². The molecular weight excluding hydrogens is 367 g/mol. The van der Waals surface area contributed by atoms with Gasteiger partial charge in [-0.05, 0) is 36.5 Å². The summed E-state index contributed by atoms with van der Waals surface area (Å²) in [5.41, 5.74) is 1.33. The summed E-state index contributed by atoms with van der Waals surface area (Å²) in [6, 6.07) is 17.2. The van der Waals surface area contributed by atoms with Crippen LogP contribution in [0.1, 0.15) is 34.8 Å². The monoisotopic (exact) mass is 394 g/mol. The lowest BCUT2D eigenvalue weighted by atomic mass is 9.89. The SMILES string of the molecule is O=C(c1ccccc1F)N1C[C@@H]2CN(C3CCOCC3)C[C@@H]2[C@H]1c1ccccc1. The lowest BCUT2D eigenvalue weighted by Crippen LogP contribution is -2.41. The first-order valence-electron chi connectivity index (χ1n) is 10.6. The minimum atomic E-state index is -0.440. The van der Waals surface area contributed by atoms with E-state index in [9.17, 15) is 9.18 Å². The topological polar surface area (TPSA) is 32.8 Å². The molecule has 152 valence electrons. The van der Waals surface area contributed by atoms with Crippen molar-refractivity contribution in [2.45, 2.75) is 24.9 Å². The van der Waals surface area contributed by atoms with Crippen LogP contribution in [0.3, 0.4) is 0 Å². The van der Waals surface area contributed by atoms with Gasteiger partial charge in [-0.2, -0.15) is 0 Å². The first kappa shape index (κ1) is 18.8. The summed E-state index contributed by atoms with van der Waals surface area (Å²) in [7, 11) is 0. The molecule has 0 saturated carbocycles. The lowest BCUT2D eigenvalue weighted by Gasteiger charge is -2.34. The molecule has 2 aromatic rings. The number of fused-ring (bicyclic) bond motifs is 1. The zero-order valence-corrected chi connectivity index (χ0v) is 16.5. The number of carbonyl (C=O) groups excluding carboxylic acids is 1. The van der Waals surface area contributed by atoms with Gasteiger partial charge in [0, 0.05) is 44.8 Å². The molecule has 0 aliphatic carbocycles. The highest BCUT2D eigenvalue weighted by molar-refractivity contribution is 5.95. The van der Waals surface area contributed by atoms with E-state index in [0.29, 0.717) is 24.4 Å². The number of benzene rings is 2. The lowest BCUT2D eigenvalue weighted by molar-refractivity contribution is 0.0361. The molecule has 3 aliphatic rings. The van der Waals surface area contributed by atoms with E-state index in [-0.39, 0.29) is 17.5 Å². The predicted molar refractivity (Wildman–Crippen MR) is 109 cm³/mol. The molecular formula is C24H27FN2O2. The molecule has 29 heavy (non-hydrogen) atoms. The number of likely N-dealkylation sites (tertiary alicyclic amines) is 2. The number of hydrogen-bond acceptors (Lipinski definition) is 3. The Morgan fingerprint density at radius 3 is 2.41 bits per heavy atom. The van der Waals surface area contributed by atoms with Crippen molar-refractivity contribution in [1.29, 1.82) is 0 Å². The maximum absolute atomic E-state index is 14.4. The summed E-state index contributed by atoms with van der Waals surface area (Å²) in [6.45, 7) is 4.39. The molecule has 0 unspecified atom stereocenters. The number of rotatable bonds is 3. The van der Waals surface area contributed by atoms with E-state index in [1.54, 1.807) is 18.2 Å². The Labute approximate surface area is 171 Å². The van der Waals surface area contributed by atoms with Gasteiger partial charge in [0.1, 0.15) is 5.82 Å². The van der Waals surface area contributed by atoms with Gasteiger partial charge in [0.2, 0.25) is 0 Å². The van der Waals surface area contributed by atoms with E-state index in [2.05, 4.69) is 17.0 Å². The van der Waals surface area contributed by atoms with Crippen molar-refractivity contribution in [2.24, 2.45) is 11.8 Å². The summed E-state index contributed by atoms with van der Waals surface area (Å²) in [6.07, 6.45) is 2.18. The molecule has 0 spiro atoms. The number of nitrogens with zero attached hydrogens (tertiary/aromatic N) is 2. The summed E-state index contributed by atoms with van der Waals surface area (Å²) in [4.78, 5) is 17.9. The second-order valence-electron chi connectivity index (χ2n) is 8.51. The highest BCUT2D eigenvalue weighted by atomic mass is 19.1. The molecule has 0 bridgehead atoms. The molecule has 3 atom stereocenters. The van der Waals surface area contributed by atoms with Gasteiger partial charge in [0.25, 0.3) is 5.91 Å². The fourth-order valence-corrected chi connectivity index (χ4v) is 5.50. The van der Waals surface area contributed by atoms with E-state index in [1.807, 2.05) is 23.1 Å². The molecule has 5 heteroatoms. The Balaban J connectivity index is 1.43. The molecule has 2 aromatic carbocycles. The van der Waals surface area contributed by atoms with Crippen LogP contribution in [0.2, 0.25) is 0 Å². The summed E-state index contributed by atoms with van der Waals surface area (Å²) < 4.78 is 19.9. The van der Waals surface area contributed by atoms with Gasteiger partial charge in [-0.1, -0.05) is 42.5 Å². The zero-order valence-electron chi connectivity index (χ0n) is 16.5. The average molecular weight is 394 g/mol. The third kappa shape index (κ3) is 3.47. The largest absolute Gasteiger partial charge is 0.381 e. The minimum absolute atomic E-state index is 0.00172. The van der Waals surface area contributed by atoms with Crippen LogP contribution in [-0.2, 0) is 4.74 Å². The van der Waals surface area contributed by atoms with Crippen molar-refractivity contribution in [3.05, 3.63) is 71.5 Å². The van der Waals surface area contributed by atoms with Crippen molar-refractivity contribution in [1.82, 2.24) is 9.80 Å². The molecule has 3 aliphatic heterocycles. The Morgan fingerprint density at radius 1 is 0.931 bits per heavy atom. The van der Waals surface area contributed by atoms with Crippen LogP contribution in [0.25, 0.3) is 0 Å². The van der Waals surface area contributed by atoms with Crippen LogP contribution < -0.4 is 0 Å². The van der Waals surface area contributed by atoms with E-state index in [1.165, 1.54) is 6.07 Å². The predicted octanol–water partition coefficient (Wildman–Crippen LogP) is 3.75. The highest BCUT2D eigenvalue weighted by Gasteiger charge is 2.50. The summed E-state index contributed by atoms with van der Waals surface area (Å²) in [5.74, 6) is 0.184. The van der Waals surface area contributed by atoms with Crippen LogP contribution in [-0.4, -0.2) is 54.6 Å². The summed E-state index contributed by atoms with van der Waals surface area (Å²) >= 11 is 0. The van der Waals surface area contributed by atoms with E-state index < -0.39 is 5.82 Å². The molecule has 3 fully saturated rings. The molecule has 4 nitrogen and oxygen atoms in total. The quantitative estimate of drug-likeness (QED) is 0.795. The second-order valence-corrected chi connectivity index (χ2v) is 8.51. The molecule has 1 amide bonds. The van der Waals surface area contributed by atoms with Crippen LogP contribution in [0.4, 0.5) is 4.39 Å². The van der Waals surface area contributed by atoms with Gasteiger partial charge < -0.3 is 9.64 Å². The van der Waals surface area contributed by atoms with Crippen molar-refractivity contribution >= 4 is 5.91 Å². The normalized spacial score (nSPS) is 27.9. The van der Waals surface area contributed by atoms with E-state index in [0.717, 1.165) is 44.7 Å². The van der Waals surface area contributed by atoms with Crippen molar-refractivity contribution < 1.29 is 13.9 Å². The molecule has 0 N–H and O–H groups in total. The van der Waals surface area contributed by atoms with Crippen LogP contribution >= 0.6 is 0 Å². The Kier molecular flexibility index (Phi) is 5.10. The average Bonchev–Trinajstić information content (AvgIpc) is 3.33. The first-order chi connectivity index (χ1) is 14.2. The highest BCUT2D eigenvalue weighted by Crippen LogP contribution is 2.46. The van der Waals surface area contributed by atoms with E-state index >= 15 is 0 Å². The Hall–Kier alpha value is -2.24. The van der Waals surface area contributed by atoms with Crippen LogP contribution in [0.5, 0.6) is 0 Å². The van der Waals surface area contributed by atoms with Gasteiger partial charge in [0.05, 0.1) is 11.6 Å². The van der Waals surface area contributed by atoms with Crippen molar-refractivity contribution in [3.63, 3.8) is 0 Å². The molecule has 0 aromatic heterocycles. The first-order valence-corrected chi connectivity index (χ1v) is 10.6. The summed E-state index contributed by atoms with van der Waals surface area (Å²) in [5, 5.41) is 0. The fourth-order valence-electron chi connectivity index (χ4n) is 5.50. The minimum Gasteiger partial charge on any atom is -0.381 e. The molecule has 3 saturated heterocycles. The molecule has 0 radical (unpaired) electrons. The molecule has 5 rings (SSSR count). The third-order valence-corrected chi connectivity index (χ3v) is 6.91. The van der Waals surface area contributed by atoms with Gasteiger partial charge in [-0.15, -0.1) is 0 Å². The number of amides is 1. The van der Waals surface area contributed by atoms with Gasteiger partial charge in [-0.25, -0.2) is 4.39 Å². The van der Waals surface area contributed by atoms with Gasteiger partial charge >= 0.3 is 0 Å².